The van der Waals surface area contributed by atoms with Gasteiger partial charge in [-0.25, -0.2) is 0 Å². The first-order chi connectivity index (χ1) is 15.2. The van der Waals surface area contributed by atoms with Gasteiger partial charge >= 0.3 is 0 Å². The van der Waals surface area contributed by atoms with Crippen molar-refractivity contribution in [3.05, 3.63) is 53.1 Å². The molecule has 6 nitrogen and oxygen atoms in total. The number of methoxy groups -OCH3 is 1. The summed E-state index contributed by atoms with van der Waals surface area (Å²) in [4.78, 5) is 12.5. The van der Waals surface area contributed by atoms with Gasteiger partial charge in [-0.15, -0.1) is 0 Å². The third-order valence-electron chi connectivity index (χ3n) is 6.26. The van der Waals surface area contributed by atoms with Gasteiger partial charge in [-0.05, 0) is 73.6 Å². The van der Waals surface area contributed by atoms with E-state index in [-0.39, 0.29) is 24.7 Å². The van der Waals surface area contributed by atoms with Crippen molar-refractivity contribution in [1.82, 2.24) is 5.32 Å². The molecule has 1 saturated carbocycles. The smallest absolute Gasteiger partial charge is 0.247 e. The molecule has 0 bridgehead atoms. The van der Waals surface area contributed by atoms with E-state index in [4.69, 9.17) is 18.9 Å². The van der Waals surface area contributed by atoms with Crippen LogP contribution >= 0.6 is 0 Å². The first-order valence-corrected chi connectivity index (χ1v) is 10.9. The summed E-state index contributed by atoms with van der Waals surface area (Å²) in [6.07, 6.45) is 7.48. The van der Waals surface area contributed by atoms with E-state index in [1.807, 2.05) is 30.3 Å². The molecule has 31 heavy (non-hydrogen) atoms. The van der Waals surface area contributed by atoms with Gasteiger partial charge in [0.05, 0.1) is 13.2 Å². The molecule has 0 unspecified atom stereocenters. The molecule has 6 heteroatoms. The number of hydrogen-bond acceptors (Lipinski definition) is 5. The number of carbonyl (C=O) groups excluding carboxylic acids is 1. The zero-order valence-electron chi connectivity index (χ0n) is 17.7. The molecule has 1 aliphatic carbocycles. The number of piperidine rings is 1. The predicted molar refractivity (Wildman–Crippen MR) is 117 cm³/mol. The Morgan fingerprint density at radius 1 is 1.03 bits per heavy atom. The molecule has 2 aromatic carbocycles. The fourth-order valence-electron chi connectivity index (χ4n) is 4.55. The Bertz CT molecular complexity index is 1010. The summed E-state index contributed by atoms with van der Waals surface area (Å²) < 4.78 is 22.6. The maximum atomic E-state index is 12.5. The van der Waals surface area contributed by atoms with Crippen molar-refractivity contribution < 1.29 is 23.7 Å². The van der Waals surface area contributed by atoms with Gasteiger partial charge in [-0.1, -0.05) is 12.1 Å². The molecule has 5 rings (SSSR count). The first kappa shape index (κ1) is 19.8. The summed E-state index contributed by atoms with van der Waals surface area (Å²) in [5, 5.41) is 3.04. The van der Waals surface area contributed by atoms with Crippen LogP contribution in [-0.4, -0.2) is 32.5 Å². The van der Waals surface area contributed by atoms with Crippen molar-refractivity contribution in [3.63, 3.8) is 0 Å². The Morgan fingerprint density at radius 3 is 2.71 bits per heavy atom. The van der Waals surface area contributed by atoms with Crippen molar-refractivity contribution >= 4 is 12.0 Å². The van der Waals surface area contributed by atoms with Gasteiger partial charge in [0, 0.05) is 18.0 Å². The molecule has 1 saturated heterocycles. The van der Waals surface area contributed by atoms with Crippen LogP contribution in [0.5, 0.6) is 23.0 Å². The maximum absolute atomic E-state index is 12.5. The highest BCUT2D eigenvalue weighted by Crippen LogP contribution is 2.37. The number of rotatable bonds is 5. The molecule has 2 aliphatic heterocycles. The van der Waals surface area contributed by atoms with E-state index in [2.05, 4.69) is 17.4 Å². The van der Waals surface area contributed by atoms with E-state index in [1.165, 1.54) is 12.8 Å². The van der Waals surface area contributed by atoms with E-state index in [0.717, 1.165) is 46.8 Å². The summed E-state index contributed by atoms with van der Waals surface area (Å²) in [6.45, 7) is 0.840. The zero-order valence-corrected chi connectivity index (χ0v) is 17.7. The van der Waals surface area contributed by atoms with Crippen LogP contribution in [0.1, 0.15) is 49.1 Å². The lowest BCUT2D eigenvalue weighted by Crippen LogP contribution is -2.35. The van der Waals surface area contributed by atoms with E-state index >= 15 is 0 Å². The number of benzene rings is 2. The second-order valence-corrected chi connectivity index (χ2v) is 8.33. The monoisotopic (exact) mass is 421 g/mol. The average Bonchev–Trinajstić information content (AvgIpc) is 3.47. The van der Waals surface area contributed by atoms with Crippen molar-refractivity contribution in [2.24, 2.45) is 0 Å². The quantitative estimate of drug-likeness (QED) is 0.724. The summed E-state index contributed by atoms with van der Waals surface area (Å²) in [5.41, 5.74) is 2.82. The largest absolute Gasteiger partial charge is 0.493 e. The zero-order chi connectivity index (χ0) is 21.2. The molecule has 1 atom stereocenters. The minimum absolute atomic E-state index is 0.0233. The second kappa shape index (κ2) is 8.53. The summed E-state index contributed by atoms with van der Waals surface area (Å²) in [5.74, 6) is 3.16. The minimum atomic E-state index is -0.0233. The molecule has 0 aromatic heterocycles. The van der Waals surface area contributed by atoms with Gasteiger partial charge in [0.15, 0.2) is 23.0 Å². The van der Waals surface area contributed by atoms with Gasteiger partial charge in [0.25, 0.3) is 0 Å². The highest BCUT2D eigenvalue weighted by molar-refractivity contribution is 5.98. The highest BCUT2D eigenvalue weighted by Gasteiger charge is 2.26. The van der Waals surface area contributed by atoms with Crippen LogP contribution < -0.4 is 24.3 Å². The fraction of sp³-hybridized carbons (Fsp3) is 0.400. The van der Waals surface area contributed by atoms with E-state index < -0.39 is 0 Å². The van der Waals surface area contributed by atoms with Crippen LogP contribution in [0, 0.1) is 0 Å². The normalized spacial score (nSPS) is 21.9. The van der Waals surface area contributed by atoms with Gasteiger partial charge in [0.2, 0.25) is 12.7 Å². The molecule has 0 spiro atoms. The van der Waals surface area contributed by atoms with Gasteiger partial charge in [0.1, 0.15) is 0 Å². The maximum Gasteiger partial charge on any atom is 0.247 e. The van der Waals surface area contributed by atoms with Crippen molar-refractivity contribution in [1.29, 1.82) is 0 Å². The van der Waals surface area contributed by atoms with Crippen molar-refractivity contribution in [3.8, 4) is 23.0 Å². The van der Waals surface area contributed by atoms with Gasteiger partial charge in [-0.2, -0.15) is 0 Å². The Labute approximate surface area is 182 Å². The highest BCUT2D eigenvalue weighted by atomic mass is 16.7. The number of carbonyl (C=O) groups is 1. The molecule has 2 fully saturated rings. The molecule has 3 aliphatic rings. The number of amides is 1. The van der Waals surface area contributed by atoms with Crippen LogP contribution in [0.15, 0.2) is 42.0 Å². The van der Waals surface area contributed by atoms with Crippen LogP contribution in [0.4, 0.5) is 0 Å². The van der Waals surface area contributed by atoms with Crippen LogP contribution in [0.2, 0.25) is 0 Å². The van der Waals surface area contributed by atoms with Crippen molar-refractivity contribution in [2.75, 3.05) is 20.4 Å². The number of hydrogen-bond donors (Lipinski definition) is 1. The lowest BCUT2D eigenvalue weighted by atomic mass is 9.87. The van der Waals surface area contributed by atoms with E-state index in [0.29, 0.717) is 18.7 Å². The Balaban J connectivity index is 1.37. The molecular weight excluding hydrogens is 394 g/mol. The van der Waals surface area contributed by atoms with Crippen LogP contribution in [0.25, 0.3) is 6.08 Å². The summed E-state index contributed by atoms with van der Waals surface area (Å²) in [7, 11) is 1.67. The standard InChI is InChI=1S/C25H27NO5/c1-28-21-9-7-17(13-24(21)31-20-4-2-3-5-20)19-12-18(25(27)26-14-19)10-16-6-8-22-23(11-16)30-15-29-22/h6-11,13,19-20H,2-5,12,14-15H2,1H3,(H,26,27)/t19-/m1/s1. The van der Waals surface area contributed by atoms with Gasteiger partial charge in [-0.3, -0.25) is 4.79 Å². The molecule has 1 N–H and O–H groups in total. The summed E-state index contributed by atoms with van der Waals surface area (Å²) in [6, 6.07) is 11.9. The van der Waals surface area contributed by atoms with Gasteiger partial charge < -0.3 is 24.3 Å². The van der Waals surface area contributed by atoms with Crippen LogP contribution in [-0.2, 0) is 4.79 Å². The number of fused-ring (bicyclic) bond motifs is 1. The van der Waals surface area contributed by atoms with Crippen molar-refractivity contribution in [2.45, 2.75) is 44.1 Å². The first-order valence-electron chi connectivity index (χ1n) is 10.9. The Morgan fingerprint density at radius 2 is 1.87 bits per heavy atom. The lowest BCUT2D eigenvalue weighted by molar-refractivity contribution is -0.118. The molecule has 2 aromatic rings. The minimum Gasteiger partial charge on any atom is -0.493 e. The second-order valence-electron chi connectivity index (χ2n) is 8.33. The fourth-order valence-corrected chi connectivity index (χ4v) is 4.55. The average molecular weight is 421 g/mol. The number of nitrogens with one attached hydrogen (secondary N) is 1. The summed E-state index contributed by atoms with van der Waals surface area (Å²) >= 11 is 0. The number of ether oxygens (including phenoxy) is 4. The molecule has 1 amide bonds. The topological polar surface area (TPSA) is 66.0 Å². The molecule has 2 heterocycles. The molecule has 162 valence electrons. The Kier molecular flexibility index (Phi) is 5.45. The Hall–Kier alpha value is -3.15. The third-order valence-corrected chi connectivity index (χ3v) is 6.26. The predicted octanol–water partition coefficient (Wildman–Crippen LogP) is 4.43. The third kappa shape index (κ3) is 4.20. The van der Waals surface area contributed by atoms with Crippen LogP contribution in [0.3, 0.4) is 0 Å². The van der Waals surface area contributed by atoms with E-state index in [9.17, 15) is 4.79 Å². The molecule has 0 radical (unpaired) electrons. The SMILES string of the molecule is COc1ccc([C@H]2CNC(=O)C(=Cc3ccc4c(c3)OCO4)C2)cc1OC1CCCC1. The lowest BCUT2D eigenvalue weighted by Gasteiger charge is -2.26. The molecular formula is C25H27NO5. The van der Waals surface area contributed by atoms with E-state index in [1.54, 1.807) is 7.11 Å².